The lowest BCUT2D eigenvalue weighted by Gasteiger charge is -2.21. The van der Waals surface area contributed by atoms with E-state index < -0.39 is 0 Å². The van der Waals surface area contributed by atoms with Crippen LogP contribution in [-0.2, 0) is 0 Å². The first-order valence-corrected chi connectivity index (χ1v) is 7.71. The number of rotatable bonds is 8. The Morgan fingerprint density at radius 3 is 2.74 bits per heavy atom. The zero-order valence-electron chi connectivity index (χ0n) is 12.9. The van der Waals surface area contributed by atoms with Crippen LogP contribution in [0, 0.1) is 0 Å². The lowest BCUT2D eigenvalue weighted by atomic mass is 10.2. The number of nitrogens with zero attached hydrogens (tertiary/aromatic N) is 3. The molecular weight excluding hydrogens is 238 g/mol. The molecule has 0 aromatic rings. The molecule has 1 aliphatic heterocycles. The van der Waals surface area contributed by atoms with E-state index in [0.29, 0.717) is 12.0 Å². The number of nitrogens with one attached hydrogen (secondary N) is 1. The van der Waals surface area contributed by atoms with Crippen molar-refractivity contribution >= 4 is 5.96 Å². The van der Waals surface area contributed by atoms with Gasteiger partial charge in [0.2, 0.25) is 0 Å². The Balaban J connectivity index is 2.21. The summed E-state index contributed by atoms with van der Waals surface area (Å²) < 4.78 is 0. The molecule has 1 fully saturated rings. The van der Waals surface area contributed by atoms with Gasteiger partial charge in [0.1, 0.15) is 0 Å². The molecular formula is C14H31N5. The van der Waals surface area contributed by atoms with E-state index in [1.54, 1.807) is 0 Å². The van der Waals surface area contributed by atoms with E-state index in [1.165, 1.54) is 19.4 Å². The summed E-state index contributed by atoms with van der Waals surface area (Å²) >= 11 is 0. The van der Waals surface area contributed by atoms with Gasteiger partial charge in [-0.15, -0.1) is 0 Å². The molecule has 1 aliphatic rings. The van der Waals surface area contributed by atoms with Gasteiger partial charge in [0.15, 0.2) is 5.96 Å². The molecule has 5 heteroatoms. The molecule has 1 rings (SSSR count). The Bertz CT molecular complexity index is 263. The lowest BCUT2D eigenvalue weighted by molar-refractivity contribution is 0.273. The van der Waals surface area contributed by atoms with Crippen LogP contribution in [0.25, 0.3) is 0 Å². The highest BCUT2D eigenvalue weighted by molar-refractivity contribution is 5.77. The molecule has 0 bridgehead atoms. The monoisotopic (exact) mass is 269 g/mol. The third kappa shape index (κ3) is 5.78. The first kappa shape index (κ1) is 16.2. The predicted octanol–water partition coefficient (Wildman–Crippen LogP) is 0.717. The summed E-state index contributed by atoms with van der Waals surface area (Å²) in [4.78, 5) is 9.34. The number of hydrogen-bond acceptors (Lipinski definition) is 3. The largest absolute Gasteiger partial charge is 0.370 e. The number of aliphatic imine (C=N–C) groups is 1. The standard InChI is InChI=1S/C14H31N5/c1-4-18(5-2)11-9-16-14(15)17-12-13-8-7-10-19(13)6-3/h13H,4-12H2,1-3H3,(H3,15,16,17). The number of likely N-dealkylation sites (N-methyl/N-ethyl adjacent to an activating group) is 2. The van der Waals surface area contributed by atoms with Gasteiger partial charge in [-0.2, -0.15) is 0 Å². The Morgan fingerprint density at radius 1 is 1.37 bits per heavy atom. The molecule has 1 unspecified atom stereocenters. The molecule has 0 spiro atoms. The maximum Gasteiger partial charge on any atom is 0.188 e. The Kier molecular flexibility index (Phi) is 7.82. The zero-order chi connectivity index (χ0) is 14.1. The lowest BCUT2D eigenvalue weighted by Crippen LogP contribution is -2.39. The molecule has 0 saturated carbocycles. The van der Waals surface area contributed by atoms with Crippen LogP contribution < -0.4 is 11.1 Å². The molecule has 5 nitrogen and oxygen atoms in total. The van der Waals surface area contributed by atoms with Crippen LogP contribution in [0.3, 0.4) is 0 Å². The van der Waals surface area contributed by atoms with Crippen molar-refractivity contribution in [2.24, 2.45) is 10.7 Å². The van der Waals surface area contributed by atoms with Gasteiger partial charge in [0, 0.05) is 19.1 Å². The predicted molar refractivity (Wildman–Crippen MR) is 82.5 cm³/mol. The maximum atomic E-state index is 5.91. The Morgan fingerprint density at radius 2 is 2.11 bits per heavy atom. The van der Waals surface area contributed by atoms with Gasteiger partial charge >= 0.3 is 0 Å². The van der Waals surface area contributed by atoms with Gasteiger partial charge in [-0.1, -0.05) is 20.8 Å². The molecule has 1 heterocycles. The normalized spacial score (nSPS) is 21.3. The molecule has 0 aromatic carbocycles. The van der Waals surface area contributed by atoms with Crippen molar-refractivity contribution < 1.29 is 0 Å². The van der Waals surface area contributed by atoms with Crippen molar-refractivity contribution in [2.75, 3.05) is 45.8 Å². The summed E-state index contributed by atoms with van der Waals surface area (Å²) in [5, 5.41) is 3.21. The molecule has 0 amide bonds. The summed E-state index contributed by atoms with van der Waals surface area (Å²) in [6.45, 7) is 13.8. The average molecular weight is 269 g/mol. The van der Waals surface area contributed by atoms with Crippen molar-refractivity contribution in [1.82, 2.24) is 15.1 Å². The fraction of sp³-hybridized carbons (Fsp3) is 0.929. The van der Waals surface area contributed by atoms with Crippen molar-refractivity contribution in [3.8, 4) is 0 Å². The fourth-order valence-electron chi connectivity index (χ4n) is 2.66. The summed E-state index contributed by atoms with van der Waals surface area (Å²) in [6, 6.07) is 0.591. The number of nitrogens with two attached hydrogens (primary N) is 1. The second-order valence-electron chi connectivity index (χ2n) is 5.10. The van der Waals surface area contributed by atoms with Gasteiger partial charge in [0.05, 0.1) is 6.54 Å². The summed E-state index contributed by atoms with van der Waals surface area (Å²) in [6.07, 6.45) is 2.55. The summed E-state index contributed by atoms with van der Waals surface area (Å²) in [5.41, 5.74) is 5.91. The third-order valence-electron chi connectivity index (χ3n) is 4.01. The summed E-state index contributed by atoms with van der Waals surface area (Å²) in [7, 11) is 0. The van der Waals surface area contributed by atoms with E-state index in [4.69, 9.17) is 5.73 Å². The average Bonchev–Trinajstić information content (AvgIpc) is 2.88. The van der Waals surface area contributed by atoms with Crippen LogP contribution in [0.5, 0.6) is 0 Å². The minimum absolute atomic E-state index is 0.591. The van der Waals surface area contributed by atoms with Crippen LogP contribution in [-0.4, -0.2) is 67.6 Å². The molecule has 1 atom stereocenters. The maximum absolute atomic E-state index is 5.91. The van der Waals surface area contributed by atoms with Gasteiger partial charge in [0.25, 0.3) is 0 Å². The van der Waals surface area contributed by atoms with Crippen molar-refractivity contribution in [3.63, 3.8) is 0 Å². The van der Waals surface area contributed by atoms with E-state index in [0.717, 1.165) is 39.3 Å². The molecule has 3 N–H and O–H groups in total. The van der Waals surface area contributed by atoms with E-state index in [-0.39, 0.29) is 0 Å². The second-order valence-corrected chi connectivity index (χ2v) is 5.10. The van der Waals surface area contributed by atoms with Crippen LogP contribution in [0.15, 0.2) is 4.99 Å². The van der Waals surface area contributed by atoms with Gasteiger partial charge < -0.3 is 16.0 Å². The third-order valence-corrected chi connectivity index (χ3v) is 4.01. The van der Waals surface area contributed by atoms with Crippen molar-refractivity contribution in [3.05, 3.63) is 0 Å². The first-order chi connectivity index (χ1) is 9.21. The van der Waals surface area contributed by atoms with Crippen molar-refractivity contribution in [1.29, 1.82) is 0 Å². The quantitative estimate of drug-likeness (QED) is 0.503. The molecule has 112 valence electrons. The van der Waals surface area contributed by atoms with Crippen LogP contribution in [0.4, 0.5) is 0 Å². The molecule has 0 radical (unpaired) electrons. The van der Waals surface area contributed by atoms with Gasteiger partial charge in [-0.25, -0.2) is 0 Å². The van der Waals surface area contributed by atoms with E-state index >= 15 is 0 Å². The second kappa shape index (κ2) is 9.15. The highest BCUT2D eigenvalue weighted by Crippen LogP contribution is 2.16. The Hall–Kier alpha value is -0.810. The van der Waals surface area contributed by atoms with E-state index in [2.05, 4.69) is 40.9 Å². The topological polar surface area (TPSA) is 56.9 Å². The minimum atomic E-state index is 0.591. The number of hydrogen-bond donors (Lipinski definition) is 2. The number of likely N-dealkylation sites (tertiary alicyclic amines) is 1. The summed E-state index contributed by atoms with van der Waals surface area (Å²) in [5.74, 6) is 0.593. The van der Waals surface area contributed by atoms with Gasteiger partial charge in [-0.05, 0) is 39.0 Å². The Labute approximate surface area is 118 Å². The fourth-order valence-corrected chi connectivity index (χ4v) is 2.66. The highest BCUT2D eigenvalue weighted by Gasteiger charge is 2.22. The molecule has 19 heavy (non-hydrogen) atoms. The zero-order valence-corrected chi connectivity index (χ0v) is 12.9. The SMILES string of the molecule is CCN(CC)CCNC(N)=NCC1CCCN1CC. The minimum Gasteiger partial charge on any atom is -0.370 e. The van der Waals surface area contributed by atoms with Gasteiger partial charge in [-0.3, -0.25) is 9.89 Å². The molecule has 0 aliphatic carbocycles. The van der Waals surface area contributed by atoms with Crippen LogP contribution in [0.1, 0.15) is 33.6 Å². The number of guanidine groups is 1. The van der Waals surface area contributed by atoms with E-state index in [1.807, 2.05) is 0 Å². The van der Waals surface area contributed by atoms with Crippen LogP contribution in [0.2, 0.25) is 0 Å². The molecule has 1 saturated heterocycles. The van der Waals surface area contributed by atoms with E-state index in [9.17, 15) is 0 Å². The highest BCUT2D eigenvalue weighted by atomic mass is 15.2. The molecule has 0 aromatic heterocycles. The van der Waals surface area contributed by atoms with Crippen molar-refractivity contribution in [2.45, 2.75) is 39.7 Å². The smallest absolute Gasteiger partial charge is 0.188 e. The first-order valence-electron chi connectivity index (χ1n) is 7.71. The van der Waals surface area contributed by atoms with Crippen LogP contribution >= 0.6 is 0 Å².